The van der Waals surface area contributed by atoms with Gasteiger partial charge in [0.1, 0.15) is 6.04 Å². The number of nitrogens with one attached hydrogen (secondary N) is 2. The Morgan fingerprint density at radius 3 is 2.94 bits per heavy atom. The number of fused-ring (bicyclic) bond motifs is 1. The Morgan fingerprint density at radius 1 is 1.19 bits per heavy atom. The van der Waals surface area contributed by atoms with Gasteiger partial charge in [0, 0.05) is 13.1 Å². The molecule has 0 bridgehead atoms. The van der Waals surface area contributed by atoms with E-state index in [0.717, 1.165) is 17.9 Å². The molecule has 0 spiro atoms. The quantitative estimate of drug-likeness (QED) is 0.708. The third kappa shape index (κ3) is 1.49. The summed E-state index contributed by atoms with van der Waals surface area (Å²) >= 11 is 0. The minimum atomic E-state index is -0.289. The van der Waals surface area contributed by atoms with Crippen molar-refractivity contribution in [3.05, 3.63) is 23.8 Å². The van der Waals surface area contributed by atoms with E-state index >= 15 is 0 Å². The van der Waals surface area contributed by atoms with Crippen molar-refractivity contribution in [1.29, 1.82) is 0 Å². The van der Waals surface area contributed by atoms with Crippen LogP contribution < -0.4 is 20.1 Å². The van der Waals surface area contributed by atoms with E-state index in [-0.39, 0.29) is 18.7 Å². The molecule has 1 fully saturated rings. The normalized spacial score (nSPS) is 23.0. The number of hydrogen-bond acceptors (Lipinski definition) is 4. The lowest BCUT2D eigenvalue weighted by Gasteiger charge is -2.23. The second kappa shape index (κ2) is 3.68. The minimum Gasteiger partial charge on any atom is -0.454 e. The molecule has 2 aliphatic rings. The second-order valence-corrected chi connectivity index (χ2v) is 3.79. The SMILES string of the molecule is O=C1NCCN[C@H]1c1ccc2c(c1)OCO2. The van der Waals surface area contributed by atoms with Gasteiger partial charge >= 0.3 is 0 Å². The number of benzene rings is 1. The van der Waals surface area contributed by atoms with Crippen LogP contribution in [0.1, 0.15) is 11.6 Å². The van der Waals surface area contributed by atoms with Crippen molar-refractivity contribution in [3.8, 4) is 11.5 Å². The molecule has 0 aromatic heterocycles. The Bertz CT molecular complexity index is 433. The first kappa shape index (κ1) is 9.47. The highest BCUT2D eigenvalue weighted by atomic mass is 16.7. The van der Waals surface area contributed by atoms with Gasteiger partial charge < -0.3 is 20.1 Å². The van der Waals surface area contributed by atoms with Crippen LogP contribution in [0.2, 0.25) is 0 Å². The van der Waals surface area contributed by atoms with E-state index in [2.05, 4.69) is 10.6 Å². The van der Waals surface area contributed by atoms with Crippen molar-refractivity contribution in [1.82, 2.24) is 10.6 Å². The van der Waals surface area contributed by atoms with Gasteiger partial charge in [0.05, 0.1) is 0 Å². The maximum Gasteiger partial charge on any atom is 0.241 e. The molecule has 16 heavy (non-hydrogen) atoms. The largest absolute Gasteiger partial charge is 0.454 e. The van der Waals surface area contributed by atoms with Crippen LogP contribution in [-0.4, -0.2) is 25.8 Å². The molecule has 2 aliphatic heterocycles. The number of ether oxygens (including phenoxy) is 2. The van der Waals surface area contributed by atoms with Crippen molar-refractivity contribution in [2.45, 2.75) is 6.04 Å². The van der Waals surface area contributed by atoms with Crippen molar-refractivity contribution < 1.29 is 14.3 Å². The topological polar surface area (TPSA) is 59.6 Å². The lowest BCUT2D eigenvalue weighted by atomic mass is 10.0. The summed E-state index contributed by atoms with van der Waals surface area (Å²) in [6.45, 7) is 1.72. The molecule has 5 heteroatoms. The highest BCUT2D eigenvalue weighted by molar-refractivity contribution is 5.84. The monoisotopic (exact) mass is 220 g/mol. The molecule has 0 aliphatic carbocycles. The highest BCUT2D eigenvalue weighted by Gasteiger charge is 2.25. The molecule has 1 amide bonds. The Labute approximate surface area is 92.7 Å². The summed E-state index contributed by atoms with van der Waals surface area (Å²) in [5.74, 6) is 1.45. The first-order valence-corrected chi connectivity index (χ1v) is 5.25. The molecular weight excluding hydrogens is 208 g/mol. The van der Waals surface area contributed by atoms with E-state index in [1.807, 2.05) is 18.2 Å². The predicted octanol–water partition coefficient (Wildman–Crippen LogP) is 0.176. The van der Waals surface area contributed by atoms with Gasteiger partial charge in [0.2, 0.25) is 12.7 Å². The second-order valence-electron chi connectivity index (χ2n) is 3.79. The van der Waals surface area contributed by atoms with Crippen LogP contribution in [0.5, 0.6) is 11.5 Å². The molecule has 3 rings (SSSR count). The number of hydrogen-bond donors (Lipinski definition) is 2. The predicted molar refractivity (Wildman–Crippen MR) is 56.3 cm³/mol. The van der Waals surface area contributed by atoms with E-state index in [4.69, 9.17) is 9.47 Å². The molecular formula is C11H12N2O3. The number of rotatable bonds is 1. The van der Waals surface area contributed by atoms with Crippen molar-refractivity contribution >= 4 is 5.91 Å². The summed E-state index contributed by atoms with van der Waals surface area (Å²) in [4.78, 5) is 11.6. The number of piperazine rings is 1. The van der Waals surface area contributed by atoms with Crippen LogP contribution in [0.4, 0.5) is 0 Å². The summed E-state index contributed by atoms with van der Waals surface area (Å²) in [6, 6.07) is 5.28. The zero-order chi connectivity index (χ0) is 11.0. The zero-order valence-corrected chi connectivity index (χ0v) is 8.66. The van der Waals surface area contributed by atoms with Crippen LogP contribution in [0.25, 0.3) is 0 Å². The Kier molecular flexibility index (Phi) is 2.18. The van der Waals surface area contributed by atoms with Crippen molar-refractivity contribution in [2.24, 2.45) is 0 Å². The van der Waals surface area contributed by atoms with Gasteiger partial charge in [-0.2, -0.15) is 0 Å². The Hall–Kier alpha value is -1.75. The van der Waals surface area contributed by atoms with Gasteiger partial charge in [-0.1, -0.05) is 6.07 Å². The lowest BCUT2D eigenvalue weighted by molar-refractivity contribution is -0.124. The molecule has 84 valence electrons. The highest BCUT2D eigenvalue weighted by Crippen LogP contribution is 2.34. The molecule has 2 N–H and O–H groups in total. The van der Waals surface area contributed by atoms with Crippen molar-refractivity contribution in [3.63, 3.8) is 0 Å². The third-order valence-corrected chi connectivity index (χ3v) is 2.76. The summed E-state index contributed by atoms with van der Waals surface area (Å²) in [5, 5.41) is 5.99. The van der Waals surface area contributed by atoms with Gasteiger partial charge in [-0.25, -0.2) is 0 Å². The first-order valence-electron chi connectivity index (χ1n) is 5.25. The summed E-state index contributed by atoms with van der Waals surface area (Å²) in [7, 11) is 0. The number of amides is 1. The number of carbonyl (C=O) groups is 1. The van der Waals surface area contributed by atoms with E-state index in [9.17, 15) is 4.79 Å². The Morgan fingerprint density at radius 2 is 2.06 bits per heavy atom. The van der Waals surface area contributed by atoms with E-state index in [1.54, 1.807) is 0 Å². The van der Waals surface area contributed by atoms with Crippen LogP contribution in [-0.2, 0) is 4.79 Å². The summed E-state index contributed by atoms with van der Waals surface area (Å²) in [6.07, 6.45) is 0. The van der Waals surface area contributed by atoms with Crippen LogP contribution in [0, 0.1) is 0 Å². The van der Waals surface area contributed by atoms with Gasteiger partial charge in [-0.15, -0.1) is 0 Å². The van der Waals surface area contributed by atoms with Crippen LogP contribution >= 0.6 is 0 Å². The molecule has 5 nitrogen and oxygen atoms in total. The van der Waals surface area contributed by atoms with E-state index < -0.39 is 0 Å². The standard InChI is InChI=1S/C11H12N2O3/c14-11-10(12-3-4-13-11)7-1-2-8-9(5-7)16-6-15-8/h1-2,5,10,12H,3-4,6H2,(H,13,14)/t10-/m0/s1. The molecule has 2 heterocycles. The van der Waals surface area contributed by atoms with E-state index in [0.29, 0.717) is 12.3 Å². The fraction of sp³-hybridized carbons (Fsp3) is 0.364. The third-order valence-electron chi connectivity index (χ3n) is 2.76. The molecule has 1 aromatic rings. The molecule has 0 saturated carbocycles. The fourth-order valence-electron chi connectivity index (χ4n) is 1.96. The number of carbonyl (C=O) groups excluding carboxylic acids is 1. The van der Waals surface area contributed by atoms with Gasteiger partial charge in [-0.05, 0) is 17.7 Å². The van der Waals surface area contributed by atoms with Gasteiger partial charge in [0.15, 0.2) is 11.5 Å². The fourth-order valence-corrected chi connectivity index (χ4v) is 1.96. The average Bonchev–Trinajstić information content (AvgIpc) is 2.76. The zero-order valence-electron chi connectivity index (χ0n) is 8.66. The Balaban J connectivity index is 1.91. The van der Waals surface area contributed by atoms with Gasteiger partial charge in [0.25, 0.3) is 0 Å². The van der Waals surface area contributed by atoms with Crippen LogP contribution in [0.3, 0.4) is 0 Å². The smallest absolute Gasteiger partial charge is 0.241 e. The van der Waals surface area contributed by atoms with Gasteiger partial charge in [-0.3, -0.25) is 4.79 Å². The summed E-state index contributed by atoms with van der Waals surface area (Å²) < 4.78 is 10.5. The molecule has 1 aromatic carbocycles. The summed E-state index contributed by atoms with van der Waals surface area (Å²) in [5.41, 5.74) is 0.904. The minimum absolute atomic E-state index is 0.00474. The maximum absolute atomic E-state index is 11.6. The lowest BCUT2D eigenvalue weighted by Crippen LogP contribution is -2.47. The molecule has 1 atom stereocenters. The molecule has 0 radical (unpaired) electrons. The maximum atomic E-state index is 11.6. The average molecular weight is 220 g/mol. The molecule has 0 unspecified atom stereocenters. The van der Waals surface area contributed by atoms with E-state index in [1.165, 1.54) is 0 Å². The first-order chi connectivity index (χ1) is 7.84. The molecule has 1 saturated heterocycles. The van der Waals surface area contributed by atoms with Crippen molar-refractivity contribution in [2.75, 3.05) is 19.9 Å². The van der Waals surface area contributed by atoms with Crippen LogP contribution in [0.15, 0.2) is 18.2 Å².